The lowest BCUT2D eigenvalue weighted by Crippen LogP contribution is -2.24. The number of hydrogen-bond donors (Lipinski definition) is 1. The number of amides is 1. The van der Waals surface area contributed by atoms with E-state index in [4.69, 9.17) is 4.42 Å². The second kappa shape index (κ2) is 8.24. The molecule has 7 nitrogen and oxygen atoms in total. The van der Waals surface area contributed by atoms with Gasteiger partial charge in [-0.25, -0.2) is 0 Å². The van der Waals surface area contributed by atoms with Crippen LogP contribution in [0.25, 0.3) is 10.9 Å². The highest BCUT2D eigenvalue weighted by Crippen LogP contribution is 2.35. The van der Waals surface area contributed by atoms with Crippen molar-refractivity contribution in [2.24, 2.45) is 7.05 Å². The van der Waals surface area contributed by atoms with Crippen molar-refractivity contribution in [3.63, 3.8) is 0 Å². The van der Waals surface area contributed by atoms with Crippen LogP contribution >= 0.6 is 0 Å². The van der Waals surface area contributed by atoms with Gasteiger partial charge in [-0.05, 0) is 29.3 Å². The van der Waals surface area contributed by atoms with Gasteiger partial charge in [0.1, 0.15) is 5.76 Å². The molecule has 0 saturated heterocycles. The van der Waals surface area contributed by atoms with E-state index in [1.165, 1.54) is 6.07 Å². The van der Waals surface area contributed by atoms with Crippen molar-refractivity contribution in [2.45, 2.75) is 18.9 Å². The fraction of sp³-hybridized carbons (Fsp3) is 0.174. The summed E-state index contributed by atoms with van der Waals surface area (Å²) in [7, 11) is 1.95. The Kier molecular flexibility index (Phi) is 5.34. The first-order chi connectivity index (χ1) is 14.5. The molecule has 2 aromatic heterocycles. The van der Waals surface area contributed by atoms with Crippen LogP contribution in [0.3, 0.4) is 0 Å². The minimum atomic E-state index is -0.416. The maximum atomic E-state index is 12.8. The van der Waals surface area contributed by atoms with E-state index < -0.39 is 4.92 Å². The highest BCUT2D eigenvalue weighted by Gasteiger charge is 2.24. The average Bonchev–Trinajstić information content (AvgIpc) is 3.39. The van der Waals surface area contributed by atoms with Crippen LogP contribution in [0.15, 0.2) is 77.5 Å². The van der Waals surface area contributed by atoms with Crippen LogP contribution in [0.1, 0.15) is 29.2 Å². The van der Waals surface area contributed by atoms with Crippen molar-refractivity contribution in [3.8, 4) is 0 Å². The van der Waals surface area contributed by atoms with Gasteiger partial charge in [0.2, 0.25) is 5.91 Å². The maximum absolute atomic E-state index is 12.8. The number of benzene rings is 2. The Morgan fingerprint density at radius 3 is 2.77 bits per heavy atom. The number of fused-ring (bicyclic) bond motifs is 1. The second-order valence-corrected chi connectivity index (χ2v) is 7.18. The molecular weight excluding hydrogens is 382 g/mol. The van der Waals surface area contributed by atoms with E-state index in [0.717, 1.165) is 22.0 Å². The average molecular weight is 403 g/mol. The summed E-state index contributed by atoms with van der Waals surface area (Å²) in [6, 6.07) is 18.0. The molecule has 0 spiro atoms. The highest BCUT2D eigenvalue weighted by molar-refractivity contribution is 5.86. The lowest BCUT2D eigenvalue weighted by atomic mass is 9.87. The predicted octanol–water partition coefficient (Wildman–Crippen LogP) is 4.52. The molecule has 2 heterocycles. The standard InChI is InChI=1S/C23H21N3O4/c1-25-15-21(19-9-2-3-10-22(19)25)20(16-6-4-7-17(12-16)26(28)29)13-23(27)24-14-18-8-5-11-30-18/h2-12,15,20H,13-14H2,1H3,(H,24,27)/t20-/m0/s1. The number of carbonyl (C=O) groups is 1. The Bertz CT molecular complexity index is 1190. The van der Waals surface area contributed by atoms with E-state index in [0.29, 0.717) is 12.3 Å². The second-order valence-electron chi connectivity index (χ2n) is 7.18. The molecule has 1 amide bonds. The molecule has 4 rings (SSSR count). The monoisotopic (exact) mass is 403 g/mol. The number of non-ortho nitro benzene ring substituents is 1. The molecule has 0 aliphatic rings. The number of nitrogens with zero attached hydrogens (tertiary/aromatic N) is 2. The number of furan rings is 1. The van der Waals surface area contributed by atoms with Gasteiger partial charge in [-0.3, -0.25) is 14.9 Å². The molecule has 0 unspecified atom stereocenters. The van der Waals surface area contributed by atoms with Gasteiger partial charge >= 0.3 is 0 Å². The normalized spacial score (nSPS) is 12.0. The van der Waals surface area contributed by atoms with Crippen LogP contribution in [0.5, 0.6) is 0 Å². The van der Waals surface area contributed by atoms with Crippen molar-refractivity contribution < 1.29 is 14.1 Å². The highest BCUT2D eigenvalue weighted by atomic mass is 16.6. The van der Waals surface area contributed by atoms with Gasteiger partial charge in [-0.15, -0.1) is 0 Å². The summed E-state index contributed by atoms with van der Waals surface area (Å²) < 4.78 is 7.28. The Hall–Kier alpha value is -3.87. The molecule has 0 aliphatic heterocycles. The smallest absolute Gasteiger partial charge is 0.269 e. The zero-order valence-corrected chi connectivity index (χ0v) is 16.4. The summed E-state index contributed by atoms with van der Waals surface area (Å²) in [6.45, 7) is 0.295. The molecule has 30 heavy (non-hydrogen) atoms. The molecule has 152 valence electrons. The third-order valence-corrected chi connectivity index (χ3v) is 5.22. The van der Waals surface area contributed by atoms with Crippen molar-refractivity contribution in [1.29, 1.82) is 0 Å². The van der Waals surface area contributed by atoms with E-state index in [1.54, 1.807) is 30.5 Å². The number of aryl methyl sites for hydroxylation is 1. The van der Waals surface area contributed by atoms with E-state index >= 15 is 0 Å². The third kappa shape index (κ3) is 3.96. The quantitative estimate of drug-likeness (QED) is 0.363. The molecular formula is C23H21N3O4. The number of carbonyl (C=O) groups excluding carboxylic acids is 1. The molecule has 7 heteroatoms. The minimum Gasteiger partial charge on any atom is -0.467 e. The number of hydrogen-bond acceptors (Lipinski definition) is 4. The Labute approximate surface area is 173 Å². The van der Waals surface area contributed by atoms with Crippen molar-refractivity contribution in [3.05, 3.63) is 100 Å². The van der Waals surface area contributed by atoms with Crippen LogP contribution in [0, 0.1) is 10.1 Å². The lowest BCUT2D eigenvalue weighted by molar-refractivity contribution is -0.384. The summed E-state index contributed by atoms with van der Waals surface area (Å²) in [5.74, 6) is 0.184. The Morgan fingerprint density at radius 2 is 2.00 bits per heavy atom. The SMILES string of the molecule is Cn1cc([C@@H](CC(=O)NCc2ccco2)c2cccc([N+](=O)[O-])c2)c2ccccc21. The number of nitro groups is 1. The van der Waals surface area contributed by atoms with Crippen LogP contribution in [0.4, 0.5) is 5.69 Å². The predicted molar refractivity (Wildman–Crippen MR) is 113 cm³/mol. The number of aromatic nitrogens is 1. The lowest BCUT2D eigenvalue weighted by Gasteiger charge is -2.17. The van der Waals surface area contributed by atoms with Gasteiger partial charge in [-0.1, -0.05) is 30.3 Å². The number of rotatable bonds is 7. The van der Waals surface area contributed by atoms with Gasteiger partial charge in [0.15, 0.2) is 0 Å². The minimum absolute atomic E-state index is 0.00808. The topological polar surface area (TPSA) is 90.3 Å². The van der Waals surface area contributed by atoms with Crippen LogP contribution in [0.2, 0.25) is 0 Å². The van der Waals surface area contributed by atoms with Crippen LogP contribution in [-0.2, 0) is 18.4 Å². The summed E-state index contributed by atoms with van der Waals surface area (Å²) in [5, 5.41) is 15.2. The number of para-hydroxylation sites is 1. The number of nitrogens with one attached hydrogen (secondary N) is 1. The molecule has 4 aromatic rings. The molecule has 0 aliphatic carbocycles. The first kappa shape index (κ1) is 19.4. The first-order valence-corrected chi connectivity index (χ1v) is 9.60. The maximum Gasteiger partial charge on any atom is 0.269 e. The molecule has 1 N–H and O–H groups in total. The zero-order valence-electron chi connectivity index (χ0n) is 16.4. The first-order valence-electron chi connectivity index (χ1n) is 9.60. The zero-order chi connectivity index (χ0) is 21.1. The van der Waals surface area contributed by atoms with Gasteiger partial charge in [0.05, 0.1) is 17.7 Å². The van der Waals surface area contributed by atoms with E-state index in [-0.39, 0.29) is 23.9 Å². The molecule has 0 bridgehead atoms. The molecule has 1 atom stereocenters. The van der Waals surface area contributed by atoms with Crippen molar-refractivity contribution in [2.75, 3.05) is 0 Å². The van der Waals surface area contributed by atoms with Gasteiger partial charge < -0.3 is 14.3 Å². The van der Waals surface area contributed by atoms with E-state index in [1.807, 2.05) is 48.1 Å². The third-order valence-electron chi connectivity index (χ3n) is 5.22. The molecule has 0 radical (unpaired) electrons. The largest absolute Gasteiger partial charge is 0.467 e. The van der Waals surface area contributed by atoms with Gasteiger partial charge in [0, 0.05) is 48.6 Å². The molecule has 0 saturated carbocycles. The summed E-state index contributed by atoms with van der Waals surface area (Å²) in [4.78, 5) is 23.6. The van der Waals surface area contributed by atoms with Crippen molar-refractivity contribution >= 4 is 22.5 Å². The van der Waals surface area contributed by atoms with Gasteiger partial charge in [0.25, 0.3) is 5.69 Å². The molecule has 2 aromatic carbocycles. The van der Waals surface area contributed by atoms with Crippen LogP contribution < -0.4 is 5.32 Å². The van der Waals surface area contributed by atoms with E-state index in [9.17, 15) is 14.9 Å². The Balaban J connectivity index is 1.70. The van der Waals surface area contributed by atoms with Crippen molar-refractivity contribution in [1.82, 2.24) is 9.88 Å². The summed E-state index contributed by atoms with van der Waals surface area (Å²) in [5.41, 5.74) is 2.74. The molecule has 0 fully saturated rings. The Morgan fingerprint density at radius 1 is 1.17 bits per heavy atom. The fourth-order valence-corrected chi connectivity index (χ4v) is 3.77. The van der Waals surface area contributed by atoms with Gasteiger partial charge in [-0.2, -0.15) is 0 Å². The van der Waals surface area contributed by atoms with E-state index in [2.05, 4.69) is 5.32 Å². The van der Waals surface area contributed by atoms with Crippen LogP contribution in [-0.4, -0.2) is 15.4 Å². The fourth-order valence-electron chi connectivity index (χ4n) is 3.77. The summed E-state index contributed by atoms with van der Waals surface area (Å²) in [6.07, 6.45) is 3.72. The number of nitro benzene ring substituents is 1. The summed E-state index contributed by atoms with van der Waals surface area (Å²) >= 11 is 0.